The van der Waals surface area contributed by atoms with E-state index in [-0.39, 0.29) is 17.9 Å². The molecule has 5 heteroatoms. The van der Waals surface area contributed by atoms with Crippen LogP contribution in [-0.4, -0.2) is 29.4 Å². The second-order valence-corrected chi connectivity index (χ2v) is 7.93. The van der Waals surface area contributed by atoms with Crippen LogP contribution in [-0.2, 0) is 12.2 Å². The van der Waals surface area contributed by atoms with Gasteiger partial charge in [0.1, 0.15) is 0 Å². The van der Waals surface area contributed by atoms with Crippen molar-refractivity contribution in [1.29, 1.82) is 0 Å². The summed E-state index contributed by atoms with van der Waals surface area (Å²) < 4.78 is 0. The third-order valence-electron chi connectivity index (χ3n) is 4.25. The molecule has 2 N–H and O–H groups in total. The Labute approximate surface area is 128 Å². The average molecular weight is 311 g/mol. The second kappa shape index (κ2) is 6.50. The predicted molar refractivity (Wildman–Crippen MR) is 84.5 cm³/mol. The second-order valence-electron chi connectivity index (χ2n) is 5.68. The van der Waals surface area contributed by atoms with Crippen LogP contribution in [0.4, 0.5) is 0 Å². The van der Waals surface area contributed by atoms with E-state index >= 15 is 0 Å². The van der Waals surface area contributed by atoms with Crippen molar-refractivity contribution in [3.05, 3.63) is 21.4 Å². The van der Waals surface area contributed by atoms with Gasteiger partial charge in [0, 0.05) is 23.1 Å². The highest BCUT2D eigenvalue weighted by Crippen LogP contribution is 2.31. The maximum Gasteiger partial charge on any atom is 0.261 e. The minimum absolute atomic E-state index is 0.0344. The summed E-state index contributed by atoms with van der Waals surface area (Å²) in [5, 5.41) is 12.9. The molecule has 2 atom stereocenters. The number of rotatable bonds is 3. The quantitative estimate of drug-likeness (QED) is 0.902. The van der Waals surface area contributed by atoms with E-state index in [2.05, 4.69) is 11.4 Å². The van der Waals surface area contributed by atoms with Crippen molar-refractivity contribution >= 4 is 29.0 Å². The van der Waals surface area contributed by atoms with Gasteiger partial charge < -0.3 is 10.4 Å². The molecule has 1 fully saturated rings. The zero-order chi connectivity index (χ0) is 13.9. The zero-order valence-electron chi connectivity index (χ0n) is 11.6. The zero-order valence-corrected chi connectivity index (χ0v) is 13.2. The summed E-state index contributed by atoms with van der Waals surface area (Å²) in [6, 6.07) is 2.05. The summed E-state index contributed by atoms with van der Waals surface area (Å²) in [7, 11) is 0. The van der Waals surface area contributed by atoms with Crippen molar-refractivity contribution in [2.45, 2.75) is 44.0 Å². The Morgan fingerprint density at radius 3 is 3.05 bits per heavy atom. The normalized spacial score (nSPS) is 26.1. The van der Waals surface area contributed by atoms with E-state index in [0.717, 1.165) is 36.3 Å². The Morgan fingerprint density at radius 2 is 2.25 bits per heavy atom. The molecular weight excluding hydrogens is 290 g/mol. The number of nitrogens with one attached hydrogen (secondary N) is 1. The first-order chi connectivity index (χ1) is 9.74. The van der Waals surface area contributed by atoms with Crippen LogP contribution in [0.1, 0.15) is 45.8 Å². The predicted octanol–water partition coefficient (Wildman–Crippen LogP) is 2.82. The molecule has 0 aromatic carbocycles. The molecule has 0 radical (unpaired) electrons. The summed E-state index contributed by atoms with van der Waals surface area (Å²) in [6.07, 6.45) is 5.05. The Bertz CT molecular complexity index is 463. The molecule has 110 valence electrons. The number of aryl methyl sites for hydroxylation is 1. The summed E-state index contributed by atoms with van der Waals surface area (Å²) in [5.41, 5.74) is 1.34. The molecule has 2 aliphatic rings. The minimum atomic E-state index is -0.239. The van der Waals surface area contributed by atoms with Gasteiger partial charge in [-0.1, -0.05) is 12.8 Å². The Kier molecular flexibility index (Phi) is 4.68. The third-order valence-corrected chi connectivity index (χ3v) is 6.49. The number of hydrogen-bond donors (Lipinski definition) is 2. The van der Waals surface area contributed by atoms with Gasteiger partial charge in [-0.05, 0) is 36.6 Å². The van der Waals surface area contributed by atoms with Crippen LogP contribution in [0.2, 0.25) is 0 Å². The first-order valence-corrected chi connectivity index (χ1v) is 9.37. The van der Waals surface area contributed by atoms with Gasteiger partial charge in [-0.3, -0.25) is 4.79 Å². The molecular formula is C15H21NO2S2. The molecule has 1 aromatic heterocycles. The van der Waals surface area contributed by atoms with Gasteiger partial charge in [-0.25, -0.2) is 0 Å². The number of fused-ring (bicyclic) bond motifs is 1. The highest BCUT2D eigenvalue weighted by atomic mass is 32.2. The maximum absolute atomic E-state index is 12.2. The maximum atomic E-state index is 12.2. The number of hydrogen-bond acceptors (Lipinski definition) is 4. The number of carbonyl (C=O) groups is 1. The average Bonchev–Trinajstić information content (AvgIpc) is 2.90. The number of aliphatic hydroxyl groups excluding tert-OH is 1. The summed E-state index contributed by atoms with van der Waals surface area (Å²) in [6.45, 7) is 0.608. The van der Waals surface area contributed by atoms with E-state index in [1.807, 2.05) is 11.8 Å². The smallest absolute Gasteiger partial charge is 0.261 e. The summed E-state index contributed by atoms with van der Waals surface area (Å²) in [5.74, 6) is 2.48. The number of aliphatic hydroxyl groups is 1. The number of carbonyl (C=O) groups excluding carboxylic acids is 1. The highest BCUT2D eigenvalue weighted by molar-refractivity contribution is 7.98. The monoisotopic (exact) mass is 311 g/mol. The van der Waals surface area contributed by atoms with E-state index in [4.69, 9.17) is 0 Å². The largest absolute Gasteiger partial charge is 0.393 e. The fourth-order valence-electron chi connectivity index (χ4n) is 3.00. The molecule has 1 amide bonds. The van der Waals surface area contributed by atoms with Crippen LogP contribution in [0.15, 0.2) is 6.07 Å². The molecule has 1 aliphatic carbocycles. The van der Waals surface area contributed by atoms with Crippen LogP contribution >= 0.6 is 23.1 Å². The van der Waals surface area contributed by atoms with Crippen molar-refractivity contribution in [3.8, 4) is 0 Å². The molecule has 0 bridgehead atoms. The Hall–Kier alpha value is -0.520. The van der Waals surface area contributed by atoms with Crippen molar-refractivity contribution in [3.63, 3.8) is 0 Å². The van der Waals surface area contributed by atoms with Crippen LogP contribution in [0, 0.1) is 5.92 Å². The van der Waals surface area contributed by atoms with Crippen molar-refractivity contribution in [2.75, 3.05) is 12.3 Å². The van der Waals surface area contributed by atoms with Crippen LogP contribution < -0.4 is 5.32 Å². The lowest BCUT2D eigenvalue weighted by atomic mass is 9.86. The molecule has 1 saturated carbocycles. The fourth-order valence-corrected chi connectivity index (χ4v) is 5.28. The molecule has 0 saturated heterocycles. The van der Waals surface area contributed by atoms with E-state index < -0.39 is 0 Å². The van der Waals surface area contributed by atoms with Gasteiger partial charge in [-0.15, -0.1) is 11.3 Å². The minimum Gasteiger partial charge on any atom is -0.393 e. The van der Waals surface area contributed by atoms with Crippen molar-refractivity contribution in [2.24, 2.45) is 5.92 Å². The lowest BCUT2D eigenvalue weighted by molar-refractivity contribution is 0.0664. The van der Waals surface area contributed by atoms with Gasteiger partial charge in [0.25, 0.3) is 5.91 Å². The van der Waals surface area contributed by atoms with E-state index in [9.17, 15) is 9.90 Å². The molecule has 1 aliphatic heterocycles. The Morgan fingerprint density at radius 1 is 1.40 bits per heavy atom. The van der Waals surface area contributed by atoms with Gasteiger partial charge in [0.2, 0.25) is 0 Å². The van der Waals surface area contributed by atoms with Crippen molar-refractivity contribution < 1.29 is 9.90 Å². The van der Waals surface area contributed by atoms with E-state index in [1.165, 1.54) is 22.6 Å². The SMILES string of the molecule is O=C(NCC1CCCCC1O)c1cc2c(s1)CCSC2. The lowest BCUT2D eigenvalue weighted by Gasteiger charge is -2.27. The molecule has 1 aromatic rings. The first kappa shape index (κ1) is 14.4. The van der Waals surface area contributed by atoms with E-state index in [1.54, 1.807) is 11.3 Å². The first-order valence-electron chi connectivity index (χ1n) is 7.39. The topological polar surface area (TPSA) is 49.3 Å². The van der Waals surface area contributed by atoms with Crippen LogP contribution in [0.3, 0.4) is 0 Å². The van der Waals surface area contributed by atoms with Gasteiger partial charge in [0.15, 0.2) is 0 Å². The molecule has 20 heavy (non-hydrogen) atoms. The number of amides is 1. The summed E-state index contributed by atoms with van der Waals surface area (Å²) >= 11 is 3.58. The molecule has 3 nitrogen and oxygen atoms in total. The number of thiophene rings is 1. The number of thioether (sulfide) groups is 1. The van der Waals surface area contributed by atoms with E-state index in [0.29, 0.717) is 6.54 Å². The molecule has 3 rings (SSSR count). The van der Waals surface area contributed by atoms with Gasteiger partial charge >= 0.3 is 0 Å². The molecule has 2 unspecified atom stereocenters. The fraction of sp³-hybridized carbons (Fsp3) is 0.667. The standard InChI is InChI=1S/C15H21NO2S2/c17-12-4-2-1-3-10(12)8-16-15(18)14-7-11-9-19-6-5-13(11)20-14/h7,10,12,17H,1-6,8-9H2,(H,16,18). The highest BCUT2D eigenvalue weighted by Gasteiger charge is 2.24. The van der Waals surface area contributed by atoms with Crippen LogP contribution in [0.5, 0.6) is 0 Å². The van der Waals surface area contributed by atoms with Crippen LogP contribution in [0.25, 0.3) is 0 Å². The third kappa shape index (κ3) is 3.21. The summed E-state index contributed by atoms with van der Waals surface area (Å²) in [4.78, 5) is 14.4. The lowest BCUT2D eigenvalue weighted by Crippen LogP contribution is -2.36. The van der Waals surface area contributed by atoms with Crippen molar-refractivity contribution in [1.82, 2.24) is 5.32 Å². The molecule has 2 heterocycles. The van der Waals surface area contributed by atoms with Gasteiger partial charge in [0.05, 0.1) is 11.0 Å². The molecule has 0 spiro atoms. The Balaban J connectivity index is 1.57. The van der Waals surface area contributed by atoms with Gasteiger partial charge in [-0.2, -0.15) is 11.8 Å².